The number of hydrogen-bond acceptors (Lipinski definition) is 4. The Balaban J connectivity index is 1.11. The molecule has 5 nitrogen and oxygen atoms in total. The zero-order valence-corrected chi connectivity index (χ0v) is 29.1. The molecule has 5 heteroatoms. The van der Waals surface area contributed by atoms with Crippen LogP contribution in [0.2, 0.25) is 0 Å². The lowest BCUT2D eigenvalue weighted by Gasteiger charge is -2.26. The van der Waals surface area contributed by atoms with Crippen LogP contribution in [-0.2, 0) is 0 Å². The summed E-state index contributed by atoms with van der Waals surface area (Å²) in [5, 5.41) is 4.33. The van der Waals surface area contributed by atoms with E-state index in [9.17, 15) is 0 Å². The zero-order valence-electron chi connectivity index (χ0n) is 29.1. The number of rotatable bonds is 6. The van der Waals surface area contributed by atoms with Gasteiger partial charge in [-0.1, -0.05) is 103 Å². The molecule has 11 rings (SSSR count). The minimum absolute atomic E-state index is 0.595. The van der Waals surface area contributed by atoms with Gasteiger partial charge in [0, 0.05) is 50.5 Å². The second-order valence-electron chi connectivity index (χ2n) is 13.6. The van der Waals surface area contributed by atoms with Crippen molar-refractivity contribution in [2.45, 2.75) is 0 Å². The van der Waals surface area contributed by atoms with E-state index in [4.69, 9.17) is 13.8 Å². The predicted octanol–water partition coefficient (Wildman–Crippen LogP) is 13.6. The Kier molecular flexibility index (Phi) is 6.79. The van der Waals surface area contributed by atoms with Crippen LogP contribution in [0.1, 0.15) is 0 Å². The van der Waals surface area contributed by atoms with Crippen LogP contribution in [0.25, 0.3) is 83.1 Å². The molecule has 0 amide bonds. The summed E-state index contributed by atoms with van der Waals surface area (Å²) in [7, 11) is 0. The molecule has 0 aliphatic carbocycles. The number of oxazole rings is 1. The third kappa shape index (κ3) is 4.83. The number of anilines is 3. The van der Waals surface area contributed by atoms with Gasteiger partial charge in [-0.05, 0) is 90.0 Å². The average molecular weight is 694 g/mol. The highest BCUT2D eigenvalue weighted by molar-refractivity contribution is 6.17. The maximum Gasteiger partial charge on any atom is 0.227 e. The van der Waals surface area contributed by atoms with E-state index in [0.717, 1.165) is 72.4 Å². The van der Waals surface area contributed by atoms with Crippen LogP contribution in [-0.4, -0.2) is 9.55 Å². The van der Waals surface area contributed by atoms with E-state index in [1.54, 1.807) is 0 Å². The van der Waals surface area contributed by atoms with E-state index >= 15 is 0 Å². The molecule has 0 fully saturated rings. The Hall–Kier alpha value is -7.37. The molecule has 0 N–H and O–H groups in total. The Labute approximate surface area is 310 Å². The summed E-state index contributed by atoms with van der Waals surface area (Å²) < 4.78 is 15.4. The average Bonchev–Trinajstić information content (AvgIpc) is 3.94. The first kappa shape index (κ1) is 30.3. The normalized spacial score (nSPS) is 11.7. The summed E-state index contributed by atoms with van der Waals surface area (Å²) >= 11 is 0. The third-order valence-corrected chi connectivity index (χ3v) is 10.4. The predicted molar refractivity (Wildman–Crippen MR) is 221 cm³/mol. The molecule has 54 heavy (non-hydrogen) atoms. The Morgan fingerprint density at radius 3 is 1.81 bits per heavy atom. The number of para-hydroxylation sites is 2. The van der Waals surface area contributed by atoms with Crippen molar-refractivity contribution in [2.75, 3.05) is 4.90 Å². The summed E-state index contributed by atoms with van der Waals surface area (Å²) in [5.74, 6) is 0.595. The first-order valence-electron chi connectivity index (χ1n) is 18.1. The van der Waals surface area contributed by atoms with Crippen LogP contribution < -0.4 is 4.90 Å². The summed E-state index contributed by atoms with van der Waals surface area (Å²) in [6.45, 7) is 0. The van der Waals surface area contributed by atoms with Crippen molar-refractivity contribution in [2.24, 2.45) is 0 Å². The fraction of sp³-hybridized carbons (Fsp3) is 0. The van der Waals surface area contributed by atoms with E-state index < -0.39 is 0 Å². The fourth-order valence-corrected chi connectivity index (χ4v) is 7.91. The SMILES string of the molecule is c1ccc(-c2ccc(N(c3ccc4c(c3)oc3ccc5nc(-c6ccccc6)oc5c34)c3ccc4c5ccccc5n(-c5ccccc5)c4c3)cc2)cc1. The van der Waals surface area contributed by atoms with Gasteiger partial charge in [-0.25, -0.2) is 4.98 Å². The molecule has 0 saturated heterocycles. The molecular formula is C49H31N3O2. The Morgan fingerprint density at radius 1 is 0.426 bits per heavy atom. The van der Waals surface area contributed by atoms with Crippen molar-refractivity contribution in [1.82, 2.24) is 9.55 Å². The molecule has 0 saturated carbocycles. The van der Waals surface area contributed by atoms with Gasteiger partial charge in [-0.3, -0.25) is 0 Å². The molecular weight excluding hydrogens is 663 g/mol. The fourth-order valence-electron chi connectivity index (χ4n) is 7.91. The van der Waals surface area contributed by atoms with Crippen LogP contribution in [0, 0.1) is 0 Å². The summed E-state index contributed by atoms with van der Waals surface area (Å²) in [4.78, 5) is 7.14. The highest BCUT2D eigenvalue weighted by atomic mass is 16.4. The molecule has 0 aliphatic rings. The van der Waals surface area contributed by atoms with E-state index in [-0.39, 0.29) is 0 Å². The topological polar surface area (TPSA) is 47.3 Å². The number of benzene rings is 8. The monoisotopic (exact) mass is 693 g/mol. The van der Waals surface area contributed by atoms with Gasteiger partial charge in [0.2, 0.25) is 5.89 Å². The minimum Gasteiger partial charge on any atom is -0.456 e. The molecule has 0 atom stereocenters. The van der Waals surface area contributed by atoms with Crippen LogP contribution in [0.15, 0.2) is 197 Å². The van der Waals surface area contributed by atoms with Crippen molar-refractivity contribution >= 4 is 71.9 Å². The molecule has 0 radical (unpaired) electrons. The van der Waals surface area contributed by atoms with E-state index in [1.165, 1.54) is 21.9 Å². The van der Waals surface area contributed by atoms with Gasteiger partial charge in [0.15, 0.2) is 5.58 Å². The molecule has 3 heterocycles. The van der Waals surface area contributed by atoms with Crippen molar-refractivity contribution < 1.29 is 8.83 Å². The highest BCUT2D eigenvalue weighted by Gasteiger charge is 2.21. The second-order valence-corrected chi connectivity index (χ2v) is 13.6. The van der Waals surface area contributed by atoms with Crippen LogP contribution in [0.4, 0.5) is 17.1 Å². The standard InChI is InChI=1S/C49H31N3O2/c1-4-12-32(13-5-1)33-20-22-36(23-21-33)51(37-24-26-40-39-18-10-11-19-43(39)52(44(40)30-37)35-16-8-3-9-17-35)38-25-27-41-46(31-38)53-45-29-28-42-48(47(41)45)54-49(50-42)34-14-6-2-7-15-34/h1-31H. The number of hydrogen-bond donors (Lipinski definition) is 0. The highest BCUT2D eigenvalue weighted by Crippen LogP contribution is 2.43. The van der Waals surface area contributed by atoms with E-state index in [0.29, 0.717) is 5.89 Å². The second kappa shape index (κ2) is 12.1. The first-order chi connectivity index (χ1) is 26.8. The molecule has 3 aromatic heterocycles. The molecule has 254 valence electrons. The largest absolute Gasteiger partial charge is 0.456 e. The Bertz CT molecular complexity index is 3140. The zero-order chi connectivity index (χ0) is 35.6. The van der Waals surface area contributed by atoms with Crippen LogP contribution >= 0.6 is 0 Å². The van der Waals surface area contributed by atoms with Gasteiger partial charge in [-0.2, -0.15) is 0 Å². The van der Waals surface area contributed by atoms with Crippen molar-refractivity contribution in [3.63, 3.8) is 0 Å². The third-order valence-electron chi connectivity index (χ3n) is 10.4. The van der Waals surface area contributed by atoms with E-state index in [2.05, 4.69) is 149 Å². The van der Waals surface area contributed by atoms with Gasteiger partial charge in [-0.15, -0.1) is 0 Å². The lowest BCUT2D eigenvalue weighted by Crippen LogP contribution is -2.10. The number of nitrogens with zero attached hydrogens (tertiary/aromatic N) is 3. The number of fused-ring (bicyclic) bond motifs is 8. The Morgan fingerprint density at radius 2 is 1.04 bits per heavy atom. The molecule has 0 unspecified atom stereocenters. The van der Waals surface area contributed by atoms with Crippen molar-refractivity contribution in [1.29, 1.82) is 0 Å². The summed E-state index contributed by atoms with van der Waals surface area (Å²) in [6, 6.07) is 65.7. The van der Waals surface area contributed by atoms with Gasteiger partial charge < -0.3 is 18.3 Å². The van der Waals surface area contributed by atoms with Crippen molar-refractivity contribution in [3.8, 4) is 28.3 Å². The summed E-state index contributed by atoms with van der Waals surface area (Å²) in [6.07, 6.45) is 0. The summed E-state index contributed by atoms with van der Waals surface area (Å²) in [5.41, 5.74) is 12.8. The van der Waals surface area contributed by atoms with Crippen LogP contribution in [0.3, 0.4) is 0 Å². The van der Waals surface area contributed by atoms with Gasteiger partial charge in [0.05, 0.1) is 16.4 Å². The quantitative estimate of drug-likeness (QED) is 0.174. The number of aromatic nitrogens is 2. The maximum absolute atomic E-state index is 6.58. The van der Waals surface area contributed by atoms with Crippen LogP contribution in [0.5, 0.6) is 0 Å². The lowest BCUT2D eigenvalue weighted by molar-refractivity contribution is 0.622. The van der Waals surface area contributed by atoms with Gasteiger partial charge >= 0.3 is 0 Å². The van der Waals surface area contributed by atoms with Crippen molar-refractivity contribution in [3.05, 3.63) is 188 Å². The molecule has 11 aromatic rings. The van der Waals surface area contributed by atoms with Gasteiger partial charge in [0.1, 0.15) is 16.7 Å². The molecule has 0 bridgehead atoms. The molecule has 8 aromatic carbocycles. The minimum atomic E-state index is 0.595. The maximum atomic E-state index is 6.58. The number of furan rings is 1. The molecule has 0 spiro atoms. The lowest BCUT2D eigenvalue weighted by atomic mass is 10.0. The van der Waals surface area contributed by atoms with E-state index in [1.807, 2.05) is 48.5 Å². The van der Waals surface area contributed by atoms with Gasteiger partial charge in [0.25, 0.3) is 0 Å². The first-order valence-corrected chi connectivity index (χ1v) is 18.1. The smallest absolute Gasteiger partial charge is 0.227 e. The molecule has 0 aliphatic heterocycles.